The molecular formula is C14H26N2S. The van der Waals surface area contributed by atoms with E-state index in [0.29, 0.717) is 11.6 Å². The van der Waals surface area contributed by atoms with Crippen LogP contribution >= 0.6 is 11.8 Å². The van der Waals surface area contributed by atoms with Gasteiger partial charge in [-0.1, -0.05) is 44.9 Å². The van der Waals surface area contributed by atoms with Crippen LogP contribution in [-0.2, 0) is 0 Å². The van der Waals surface area contributed by atoms with Gasteiger partial charge in [0.15, 0.2) is 5.17 Å². The summed E-state index contributed by atoms with van der Waals surface area (Å²) in [6.45, 7) is 6.78. The number of aliphatic imine (C=N–C) groups is 1. The summed E-state index contributed by atoms with van der Waals surface area (Å²) in [6.07, 6.45) is 8.09. The topological polar surface area (TPSA) is 24.4 Å². The van der Waals surface area contributed by atoms with E-state index in [1.165, 1.54) is 49.4 Å². The second kappa shape index (κ2) is 5.64. The monoisotopic (exact) mass is 254 g/mol. The third kappa shape index (κ3) is 3.64. The molecule has 3 heteroatoms. The van der Waals surface area contributed by atoms with Crippen molar-refractivity contribution in [2.45, 2.75) is 70.9 Å². The van der Waals surface area contributed by atoms with Gasteiger partial charge in [0.05, 0.1) is 6.04 Å². The van der Waals surface area contributed by atoms with Crippen molar-refractivity contribution in [2.75, 3.05) is 5.75 Å². The van der Waals surface area contributed by atoms with Gasteiger partial charge in [-0.05, 0) is 32.1 Å². The number of thioether (sulfide) groups is 1. The van der Waals surface area contributed by atoms with Crippen LogP contribution < -0.4 is 5.32 Å². The average molecular weight is 254 g/mol. The lowest BCUT2D eigenvalue weighted by atomic mass is 9.83. The van der Waals surface area contributed by atoms with E-state index >= 15 is 0 Å². The van der Waals surface area contributed by atoms with Crippen LogP contribution in [0.25, 0.3) is 0 Å². The largest absolute Gasteiger partial charge is 0.359 e. The molecule has 1 atom stereocenters. The molecule has 0 aromatic carbocycles. The first kappa shape index (κ1) is 13.3. The second-order valence-electron chi connectivity index (χ2n) is 6.17. The van der Waals surface area contributed by atoms with Gasteiger partial charge in [0.1, 0.15) is 0 Å². The Morgan fingerprint density at radius 1 is 1.24 bits per heavy atom. The Labute approximate surface area is 110 Å². The van der Waals surface area contributed by atoms with Crippen LogP contribution in [-0.4, -0.2) is 22.5 Å². The molecule has 1 saturated carbocycles. The first-order chi connectivity index (χ1) is 8.10. The summed E-state index contributed by atoms with van der Waals surface area (Å²) in [7, 11) is 0. The highest BCUT2D eigenvalue weighted by Crippen LogP contribution is 2.36. The average Bonchev–Trinajstić information content (AvgIpc) is 2.61. The molecule has 0 aromatic rings. The minimum Gasteiger partial charge on any atom is -0.359 e. The van der Waals surface area contributed by atoms with Crippen molar-refractivity contribution in [3.8, 4) is 0 Å². The third-order valence-corrected chi connectivity index (χ3v) is 5.00. The number of nitrogens with zero attached hydrogens (tertiary/aromatic N) is 1. The molecule has 0 aromatic heterocycles. The summed E-state index contributed by atoms with van der Waals surface area (Å²) in [5, 5.41) is 4.93. The van der Waals surface area contributed by atoms with Gasteiger partial charge in [0.2, 0.25) is 0 Å². The van der Waals surface area contributed by atoms with Gasteiger partial charge >= 0.3 is 0 Å². The first-order valence-electron chi connectivity index (χ1n) is 7.08. The lowest BCUT2D eigenvalue weighted by Gasteiger charge is -2.32. The van der Waals surface area contributed by atoms with E-state index < -0.39 is 0 Å². The van der Waals surface area contributed by atoms with Gasteiger partial charge in [-0.2, -0.15) is 0 Å². The predicted molar refractivity (Wildman–Crippen MR) is 77.8 cm³/mol. The van der Waals surface area contributed by atoms with Crippen LogP contribution in [0.2, 0.25) is 0 Å². The normalized spacial score (nSPS) is 27.6. The van der Waals surface area contributed by atoms with Crippen LogP contribution in [0.1, 0.15) is 59.3 Å². The third-order valence-electron chi connectivity index (χ3n) is 3.82. The zero-order chi connectivity index (χ0) is 12.3. The summed E-state index contributed by atoms with van der Waals surface area (Å²) in [6, 6.07) is 0.462. The lowest BCUT2D eigenvalue weighted by Crippen LogP contribution is -2.45. The molecule has 0 amide bonds. The number of amidine groups is 1. The Morgan fingerprint density at radius 2 is 1.94 bits per heavy atom. The van der Waals surface area contributed by atoms with Crippen LogP contribution in [0.4, 0.5) is 0 Å². The molecule has 2 fully saturated rings. The standard InChI is InChI=1S/C14H26N2S/c1-11(2)9-12(3)15-13-16-14(10-17-13)7-5-4-6-8-14/h11-12H,4-10H2,1-3H3,(H,15,16). The van der Waals surface area contributed by atoms with Crippen LogP contribution in [0, 0.1) is 5.92 Å². The Hall–Kier alpha value is -0.180. The summed E-state index contributed by atoms with van der Waals surface area (Å²) < 4.78 is 0. The SMILES string of the molecule is CC(C)CC(C)N=C1NC2(CCCCC2)CS1. The molecule has 17 heavy (non-hydrogen) atoms. The zero-order valence-corrected chi connectivity index (χ0v) is 12.3. The molecule has 1 aliphatic carbocycles. The predicted octanol–water partition coefficient (Wildman–Crippen LogP) is 3.82. The number of hydrogen-bond acceptors (Lipinski definition) is 2. The highest BCUT2D eigenvalue weighted by molar-refractivity contribution is 8.14. The summed E-state index contributed by atoms with van der Waals surface area (Å²) >= 11 is 1.94. The molecule has 0 radical (unpaired) electrons. The van der Waals surface area contributed by atoms with Crippen molar-refractivity contribution >= 4 is 16.9 Å². The number of hydrogen-bond donors (Lipinski definition) is 1. The fourth-order valence-electron chi connectivity index (χ4n) is 3.01. The van der Waals surface area contributed by atoms with Gasteiger partial charge < -0.3 is 5.32 Å². The van der Waals surface area contributed by atoms with Crippen molar-refractivity contribution in [3.63, 3.8) is 0 Å². The van der Waals surface area contributed by atoms with E-state index in [9.17, 15) is 0 Å². The zero-order valence-electron chi connectivity index (χ0n) is 11.5. The van der Waals surface area contributed by atoms with Crippen molar-refractivity contribution in [2.24, 2.45) is 10.9 Å². The Morgan fingerprint density at radius 3 is 2.59 bits per heavy atom. The molecule has 1 heterocycles. The minimum absolute atomic E-state index is 0.402. The molecule has 1 saturated heterocycles. The van der Waals surface area contributed by atoms with Gasteiger partial charge in [0, 0.05) is 11.3 Å². The fraction of sp³-hybridized carbons (Fsp3) is 0.929. The smallest absolute Gasteiger partial charge is 0.157 e. The minimum atomic E-state index is 0.402. The Balaban J connectivity index is 1.90. The quantitative estimate of drug-likeness (QED) is 0.828. The molecule has 2 rings (SSSR count). The van der Waals surface area contributed by atoms with Crippen molar-refractivity contribution in [1.29, 1.82) is 0 Å². The summed E-state index contributed by atoms with van der Waals surface area (Å²) in [4.78, 5) is 4.83. The molecule has 1 aliphatic heterocycles. The Bertz CT molecular complexity index is 280. The molecule has 2 nitrogen and oxygen atoms in total. The molecule has 0 bridgehead atoms. The van der Waals surface area contributed by atoms with E-state index in [2.05, 4.69) is 26.1 Å². The van der Waals surface area contributed by atoms with Gasteiger partial charge in [0.25, 0.3) is 0 Å². The summed E-state index contributed by atoms with van der Waals surface area (Å²) in [5.74, 6) is 1.98. The highest BCUT2D eigenvalue weighted by Gasteiger charge is 2.38. The molecule has 98 valence electrons. The van der Waals surface area contributed by atoms with Crippen molar-refractivity contribution < 1.29 is 0 Å². The van der Waals surface area contributed by atoms with Crippen molar-refractivity contribution in [3.05, 3.63) is 0 Å². The Kier molecular flexibility index (Phi) is 4.40. The maximum atomic E-state index is 4.83. The van der Waals surface area contributed by atoms with E-state index in [-0.39, 0.29) is 0 Å². The van der Waals surface area contributed by atoms with E-state index in [0.717, 1.165) is 5.92 Å². The van der Waals surface area contributed by atoms with Crippen LogP contribution in [0.3, 0.4) is 0 Å². The van der Waals surface area contributed by atoms with Gasteiger partial charge in [-0.25, -0.2) is 0 Å². The molecule has 1 spiro atoms. The van der Waals surface area contributed by atoms with E-state index in [4.69, 9.17) is 4.99 Å². The van der Waals surface area contributed by atoms with Crippen molar-refractivity contribution in [1.82, 2.24) is 5.32 Å². The number of nitrogens with one attached hydrogen (secondary N) is 1. The summed E-state index contributed by atoms with van der Waals surface area (Å²) in [5.41, 5.74) is 0.402. The fourth-order valence-corrected chi connectivity index (χ4v) is 4.33. The molecule has 1 unspecified atom stereocenters. The second-order valence-corrected chi connectivity index (χ2v) is 7.13. The lowest BCUT2D eigenvalue weighted by molar-refractivity contribution is 0.303. The molecule has 1 N–H and O–H groups in total. The van der Waals surface area contributed by atoms with Gasteiger partial charge in [-0.15, -0.1) is 0 Å². The highest BCUT2D eigenvalue weighted by atomic mass is 32.2. The van der Waals surface area contributed by atoms with E-state index in [1.54, 1.807) is 0 Å². The maximum Gasteiger partial charge on any atom is 0.157 e. The number of rotatable bonds is 3. The van der Waals surface area contributed by atoms with Gasteiger partial charge in [-0.3, -0.25) is 4.99 Å². The molecule has 2 aliphatic rings. The maximum absolute atomic E-state index is 4.83. The van der Waals surface area contributed by atoms with Crippen LogP contribution in [0.15, 0.2) is 4.99 Å². The molecular weight excluding hydrogens is 228 g/mol. The van der Waals surface area contributed by atoms with E-state index in [1.807, 2.05) is 11.8 Å². The first-order valence-corrected chi connectivity index (χ1v) is 8.07. The van der Waals surface area contributed by atoms with Crippen LogP contribution in [0.5, 0.6) is 0 Å².